The largest absolute Gasteiger partial charge is 0.480 e. The molecule has 1 fully saturated rings. The molecular weight excluding hydrogens is 376 g/mol. The maximum absolute atomic E-state index is 12.4. The monoisotopic (exact) mass is 392 g/mol. The van der Waals surface area contributed by atoms with Crippen molar-refractivity contribution >= 4 is 46.4 Å². The van der Waals surface area contributed by atoms with Gasteiger partial charge in [0.05, 0.1) is 15.6 Å². The number of thiophene rings is 1. The third-order valence-corrected chi connectivity index (χ3v) is 5.29. The molecule has 136 valence electrons. The van der Waals surface area contributed by atoms with Crippen LogP contribution >= 0.6 is 22.9 Å². The first-order valence-electron chi connectivity index (χ1n) is 8.12. The molecule has 0 saturated heterocycles. The Labute approximate surface area is 159 Å². The number of nitrogens with one attached hydrogen (secondary N) is 2. The second kappa shape index (κ2) is 7.88. The average molecular weight is 393 g/mol. The molecule has 1 saturated carbocycles. The number of carbonyl (C=O) groups is 3. The minimum absolute atomic E-state index is 0.234. The van der Waals surface area contributed by atoms with Gasteiger partial charge >= 0.3 is 5.97 Å². The van der Waals surface area contributed by atoms with Crippen LogP contribution in [0.15, 0.2) is 35.7 Å². The Morgan fingerprint density at radius 1 is 1.23 bits per heavy atom. The molecule has 2 amide bonds. The summed E-state index contributed by atoms with van der Waals surface area (Å²) in [4.78, 5) is 36.4. The Morgan fingerprint density at radius 3 is 2.62 bits per heavy atom. The number of amides is 2. The minimum Gasteiger partial charge on any atom is -0.480 e. The van der Waals surface area contributed by atoms with Gasteiger partial charge in [0, 0.05) is 5.56 Å². The van der Waals surface area contributed by atoms with Crippen molar-refractivity contribution < 1.29 is 19.5 Å². The molecule has 0 spiro atoms. The Bertz CT molecular complexity index is 834. The quantitative estimate of drug-likeness (QED) is 0.670. The van der Waals surface area contributed by atoms with Crippen LogP contribution in [0.2, 0.25) is 5.02 Å². The molecule has 1 aromatic carbocycles. The number of aliphatic carboxylic acids is 1. The highest BCUT2D eigenvalue weighted by Gasteiger charge is 2.30. The topological polar surface area (TPSA) is 95.5 Å². The molecule has 1 atom stereocenters. The van der Waals surface area contributed by atoms with Gasteiger partial charge in [0.1, 0.15) is 6.04 Å². The molecule has 0 aliphatic heterocycles. The van der Waals surface area contributed by atoms with Crippen LogP contribution in [0.1, 0.15) is 39.3 Å². The first-order valence-corrected chi connectivity index (χ1v) is 9.38. The highest BCUT2D eigenvalue weighted by atomic mass is 35.5. The summed E-state index contributed by atoms with van der Waals surface area (Å²) in [7, 11) is 0. The lowest BCUT2D eigenvalue weighted by molar-refractivity contribution is -0.139. The first kappa shape index (κ1) is 18.4. The number of carbonyl (C=O) groups excluding carboxylic acids is 2. The summed E-state index contributed by atoms with van der Waals surface area (Å²) in [6.07, 6.45) is 2.43. The van der Waals surface area contributed by atoms with Crippen LogP contribution in [0.5, 0.6) is 0 Å². The van der Waals surface area contributed by atoms with Crippen LogP contribution in [0, 0.1) is 5.92 Å². The Hall–Kier alpha value is -2.38. The summed E-state index contributed by atoms with van der Waals surface area (Å²) in [5.74, 6) is -1.52. The zero-order valence-electron chi connectivity index (χ0n) is 13.7. The Morgan fingerprint density at radius 2 is 2.00 bits per heavy atom. The fourth-order valence-corrected chi connectivity index (χ4v) is 3.29. The van der Waals surface area contributed by atoms with E-state index in [2.05, 4.69) is 10.6 Å². The SMILES string of the molecule is O=C(NC(CC1CC1)C(=O)O)c1ccc(Cl)c(NC(=O)c2cccs2)c1. The van der Waals surface area contributed by atoms with Crippen molar-refractivity contribution in [3.8, 4) is 0 Å². The van der Waals surface area contributed by atoms with E-state index < -0.39 is 17.9 Å². The smallest absolute Gasteiger partial charge is 0.326 e. The van der Waals surface area contributed by atoms with Crippen molar-refractivity contribution in [2.75, 3.05) is 5.32 Å². The lowest BCUT2D eigenvalue weighted by Crippen LogP contribution is -2.41. The standard InChI is InChI=1S/C18H17ClN2O4S/c19-12-6-5-11(9-13(12)20-17(23)15-2-1-7-26-15)16(22)21-14(18(24)25)8-10-3-4-10/h1-2,5-7,9-10,14H,3-4,8H2,(H,20,23)(H,21,22)(H,24,25). The van der Waals surface area contributed by atoms with E-state index in [1.807, 2.05) is 0 Å². The third-order valence-electron chi connectivity index (χ3n) is 4.09. The van der Waals surface area contributed by atoms with Crippen molar-refractivity contribution in [3.05, 3.63) is 51.2 Å². The summed E-state index contributed by atoms with van der Waals surface area (Å²) < 4.78 is 0. The summed E-state index contributed by atoms with van der Waals surface area (Å²) in [5, 5.41) is 16.6. The van der Waals surface area contributed by atoms with E-state index in [0.717, 1.165) is 12.8 Å². The highest BCUT2D eigenvalue weighted by Crippen LogP contribution is 2.33. The van der Waals surface area contributed by atoms with Gasteiger partial charge in [-0.05, 0) is 42.0 Å². The van der Waals surface area contributed by atoms with Crippen LogP contribution in [0.4, 0.5) is 5.69 Å². The zero-order valence-corrected chi connectivity index (χ0v) is 15.3. The van der Waals surface area contributed by atoms with Gasteiger partial charge in [-0.15, -0.1) is 11.3 Å². The van der Waals surface area contributed by atoms with E-state index in [0.29, 0.717) is 27.9 Å². The average Bonchev–Trinajstić information content (AvgIpc) is 3.24. The number of anilines is 1. The summed E-state index contributed by atoms with van der Waals surface area (Å²) in [5.41, 5.74) is 0.532. The predicted octanol–water partition coefficient (Wildman–Crippen LogP) is 3.64. The number of hydrogen-bond acceptors (Lipinski definition) is 4. The first-order chi connectivity index (χ1) is 12.4. The number of hydrogen-bond donors (Lipinski definition) is 3. The molecule has 8 heteroatoms. The number of carboxylic acids is 1. The van der Waals surface area contributed by atoms with Crippen LogP contribution in [0.25, 0.3) is 0 Å². The summed E-state index contributed by atoms with van der Waals surface area (Å²) in [6, 6.07) is 6.96. The molecule has 1 heterocycles. The second-order valence-electron chi connectivity index (χ2n) is 6.17. The normalized spacial score (nSPS) is 14.5. The number of carboxylic acid groups (broad SMARTS) is 1. The van der Waals surface area contributed by atoms with Gasteiger partial charge in [-0.25, -0.2) is 4.79 Å². The fourth-order valence-electron chi connectivity index (χ4n) is 2.50. The van der Waals surface area contributed by atoms with E-state index in [4.69, 9.17) is 11.6 Å². The van der Waals surface area contributed by atoms with E-state index in [-0.39, 0.29) is 11.5 Å². The molecule has 1 aliphatic rings. The molecule has 6 nitrogen and oxygen atoms in total. The van der Waals surface area contributed by atoms with Crippen LogP contribution in [0.3, 0.4) is 0 Å². The second-order valence-corrected chi connectivity index (χ2v) is 7.52. The minimum atomic E-state index is -1.05. The number of halogens is 1. The van der Waals surface area contributed by atoms with Crippen molar-refractivity contribution in [1.82, 2.24) is 5.32 Å². The van der Waals surface area contributed by atoms with Gasteiger partial charge < -0.3 is 15.7 Å². The lowest BCUT2D eigenvalue weighted by Gasteiger charge is -2.15. The molecule has 26 heavy (non-hydrogen) atoms. The number of benzene rings is 1. The van der Waals surface area contributed by atoms with Gasteiger partial charge in [-0.2, -0.15) is 0 Å². The van der Waals surface area contributed by atoms with Gasteiger partial charge in [-0.1, -0.05) is 30.5 Å². The van der Waals surface area contributed by atoms with Crippen LogP contribution < -0.4 is 10.6 Å². The third kappa shape index (κ3) is 4.62. The molecule has 1 aliphatic carbocycles. The molecule has 3 rings (SSSR count). The van der Waals surface area contributed by atoms with Crippen LogP contribution in [-0.4, -0.2) is 28.9 Å². The van der Waals surface area contributed by atoms with E-state index in [1.54, 1.807) is 17.5 Å². The van der Waals surface area contributed by atoms with Crippen molar-refractivity contribution in [2.24, 2.45) is 5.92 Å². The van der Waals surface area contributed by atoms with Crippen molar-refractivity contribution in [1.29, 1.82) is 0 Å². The lowest BCUT2D eigenvalue weighted by atomic mass is 10.1. The van der Waals surface area contributed by atoms with E-state index in [1.165, 1.54) is 29.5 Å². The molecular formula is C18H17ClN2O4S. The zero-order chi connectivity index (χ0) is 18.7. The summed E-state index contributed by atoms with van der Waals surface area (Å²) in [6.45, 7) is 0. The molecule has 0 radical (unpaired) electrons. The Kier molecular flexibility index (Phi) is 5.58. The van der Waals surface area contributed by atoms with Crippen LogP contribution in [-0.2, 0) is 4.79 Å². The molecule has 3 N–H and O–H groups in total. The van der Waals surface area contributed by atoms with Gasteiger partial charge in [-0.3, -0.25) is 9.59 Å². The molecule has 1 unspecified atom stereocenters. The number of rotatable bonds is 7. The Balaban J connectivity index is 1.72. The molecule has 2 aromatic rings. The van der Waals surface area contributed by atoms with Crippen molar-refractivity contribution in [3.63, 3.8) is 0 Å². The van der Waals surface area contributed by atoms with E-state index in [9.17, 15) is 19.5 Å². The highest BCUT2D eigenvalue weighted by molar-refractivity contribution is 7.12. The predicted molar refractivity (Wildman–Crippen MR) is 100.0 cm³/mol. The van der Waals surface area contributed by atoms with Gasteiger partial charge in [0.2, 0.25) is 0 Å². The van der Waals surface area contributed by atoms with Gasteiger partial charge in [0.15, 0.2) is 0 Å². The van der Waals surface area contributed by atoms with Crippen molar-refractivity contribution in [2.45, 2.75) is 25.3 Å². The maximum atomic E-state index is 12.4. The van der Waals surface area contributed by atoms with Gasteiger partial charge in [0.25, 0.3) is 11.8 Å². The fraction of sp³-hybridized carbons (Fsp3) is 0.278. The maximum Gasteiger partial charge on any atom is 0.326 e. The van der Waals surface area contributed by atoms with E-state index >= 15 is 0 Å². The molecule has 1 aromatic heterocycles. The molecule has 0 bridgehead atoms. The summed E-state index contributed by atoms with van der Waals surface area (Å²) >= 11 is 7.39.